The van der Waals surface area contributed by atoms with Crippen molar-refractivity contribution in [2.45, 2.75) is 19.8 Å². The van der Waals surface area contributed by atoms with Crippen LogP contribution >= 0.6 is 0 Å². The molecule has 0 radical (unpaired) electrons. The summed E-state index contributed by atoms with van der Waals surface area (Å²) in [4.78, 5) is 15.3. The van der Waals surface area contributed by atoms with Crippen molar-refractivity contribution >= 4 is 11.9 Å². The van der Waals surface area contributed by atoms with E-state index < -0.39 is 0 Å². The molecule has 0 unspecified atom stereocenters. The zero-order chi connectivity index (χ0) is 14.8. The number of nitrogen functional groups attached to an aromatic ring is 1. The average molecular weight is 285 g/mol. The van der Waals surface area contributed by atoms with E-state index in [2.05, 4.69) is 19.9 Å². The predicted molar refractivity (Wildman–Crippen MR) is 82.4 cm³/mol. The number of rotatable bonds is 3. The summed E-state index contributed by atoms with van der Waals surface area (Å²) in [6.07, 6.45) is 2.34. The number of hydrogen-bond donors (Lipinski definition) is 1. The number of nitrogens with two attached hydrogens (primary N) is 1. The molecule has 1 saturated heterocycles. The van der Waals surface area contributed by atoms with Crippen molar-refractivity contribution in [3.8, 4) is 17.1 Å². The molecule has 0 amide bonds. The van der Waals surface area contributed by atoms with Crippen LogP contribution in [-0.2, 0) is 0 Å². The van der Waals surface area contributed by atoms with Gasteiger partial charge < -0.3 is 15.4 Å². The molecule has 6 heteroatoms. The molecule has 1 aromatic heterocycles. The molecule has 1 aliphatic heterocycles. The van der Waals surface area contributed by atoms with Crippen LogP contribution < -0.4 is 15.4 Å². The summed E-state index contributed by atoms with van der Waals surface area (Å²) < 4.78 is 5.23. The van der Waals surface area contributed by atoms with Gasteiger partial charge in [-0.25, -0.2) is 0 Å². The molecule has 3 rings (SSSR count). The predicted octanol–water partition coefficient (Wildman–Crippen LogP) is 2.04. The summed E-state index contributed by atoms with van der Waals surface area (Å²) in [5, 5.41) is 0. The number of benzene rings is 1. The average Bonchev–Trinajstić information content (AvgIpc) is 3.00. The molecule has 2 N–H and O–H groups in total. The van der Waals surface area contributed by atoms with Gasteiger partial charge in [-0.15, -0.1) is 0 Å². The van der Waals surface area contributed by atoms with Crippen LogP contribution in [0, 0.1) is 6.92 Å². The van der Waals surface area contributed by atoms with Gasteiger partial charge in [0, 0.05) is 18.7 Å². The van der Waals surface area contributed by atoms with Crippen molar-refractivity contribution in [2.24, 2.45) is 0 Å². The SMILES string of the molecule is COc1ccc(-c2nc(N)nc(N3CCCC3)n2)c(C)c1. The molecule has 1 aromatic carbocycles. The van der Waals surface area contributed by atoms with Gasteiger partial charge in [0.25, 0.3) is 0 Å². The fourth-order valence-electron chi connectivity index (χ4n) is 2.57. The molecule has 0 bridgehead atoms. The van der Waals surface area contributed by atoms with Crippen LogP contribution in [0.25, 0.3) is 11.4 Å². The second-order valence-electron chi connectivity index (χ2n) is 5.19. The molecule has 2 aromatic rings. The fourth-order valence-corrected chi connectivity index (χ4v) is 2.57. The van der Waals surface area contributed by atoms with Crippen molar-refractivity contribution < 1.29 is 4.74 Å². The van der Waals surface area contributed by atoms with Crippen LogP contribution in [0.5, 0.6) is 5.75 Å². The van der Waals surface area contributed by atoms with Gasteiger partial charge in [0.15, 0.2) is 5.82 Å². The number of hydrogen-bond acceptors (Lipinski definition) is 6. The van der Waals surface area contributed by atoms with Crippen molar-refractivity contribution in [3.63, 3.8) is 0 Å². The Morgan fingerprint density at radius 2 is 1.90 bits per heavy atom. The fraction of sp³-hybridized carbons (Fsp3) is 0.400. The van der Waals surface area contributed by atoms with E-state index in [-0.39, 0.29) is 5.95 Å². The minimum atomic E-state index is 0.261. The maximum absolute atomic E-state index is 5.86. The summed E-state index contributed by atoms with van der Waals surface area (Å²) in [5.41, 5.74) is 7.85. The Balaban J connectivity index is 2.01. The lowest BCUT2D eigenvalue weighted by Gasteiger charge is -2.16. The van der Waals surface area contributed by atoms with Crippen LogP contribution in [0.2, 0.25) is 0 Å². The van der Waals surface area contributed by atoms with Crippen LogP contribution in [0.15, 0.2) is 18.2 Å². The van der Waals surface area contributed by atoms with Crippen molar-refractivity contribution in [2.75, 3.05) is 30.8 Å². The second-order valence-corrected chi connectivity index (χ2v) is 5.19. The first-order chi connectivity index (χ1) is 10.2. The zero-order valence-corrected chi connectivity index (χ0v) is 12.3. The first-order valence-electron chi connectivity index (χ1n) is 7.09. The topological polar surface area (TPSA) is 77.2 Å². The van der Waals surface area contributed by atoms with Crippen LogP contribution in [0.1, 0.15) is 18.4 Å². The van der Waals surface area contributed by atoms with Gasteiger partial charge in [0.1, 0.15) is 5.75 Å². The van der Waals surface area contributed by atoms with Gasteiger partial charge in [-0.3, -0.25) is 0 Å². The Morgan fingerprint density at radius 3 is 2.57 bits per heavy atom. The number of nitrogens with zero attached hydrogens (tertiary/aromatic N) is 4. The van der Waals surface area contributed by atoms with E-state index >= 15 is 0 Å². The first-order valence-corrected chi connectivity index (χ1v) is 7.09. The normalized spacial score (nSPS) is 14.5. The van der Waals surface area contributed by atoms with E-state index in [0.29, 0.717) is 11.8 Å². The smallest absolute Gasteiger partial charge is 0.230 e. The highest BCUT2D eigenvalue weighted by atomic mass is 16.5. The third-order valence-corrected chi connectivity index (χ3v) is 3.70. The minimum absolute atomic E-state index is 0.261. The molecule has 0 aliphatic carbocycles. The highest BCUT2D eigenvalue weighted by molar-refractivity contribution is 5.63. The molecule has 0 saturated carbocycles. The molecule has 1 fully saturated rings. The van der Waals surface area contributed by atoms with Gasteiger partial charge in [-0.1, -0.05) is 0 Å². The van der Waals surface area contributed by atoms with Gasteiger partial charge in [-0.05, 0) is 43.5 Å². The van der Waals surface area contributed by atoms with E-state index in [1.807, 2.05) is 25.1 Å². The second kappa shape index (κ2) is 5.55. The molecule has 0 spiro atoms. The molecule has 2 heterocycles. The zero-order valence-electron chi connectivity index (χ0n) is 12.3. The summed E-state index contributed by atoms with van der Waals surface area (Å²) in [6, 6.07) is 5.82. The number of ether oxygens (including phenoxy) is 1. The molecule has 6 nitrogen and oxygen atoms in total. The number of methoxy groups -OCH3 is 1. The first kappa shape index (κ1) is 13.6. The standard InChI is InChI=1S/C15H19N5O/c1-10-9-11(21-2)5-6-12(10)13-17-14(16)19-15(18-13)20-7-3-4-8-20/h5-6,9H,3-4,7-8H2,1-2H3,(H2,16,17,18,19). The highest BCUT2D eigenvalue weighted by Gasteiger charge is 2.18. The van der Waals surface area contributed by atoms with Crippen LogP contribution in [0.3, 0.4) is 0 Å². The monoisotopic (exact) mass is 285 g/mol. The number of aryl methyl sites for hydroxylation is 1. The Kier molecular flexibility index (Phi) is 3.60. The van der Waals surface area contributed by atoms with Crippen molar-refractivity contribution in [3.05, 3.63) is 23.8 Å². The molecule has 0 atom stereocenters. The van der Waals surface area contributed by atoms with E-state index in [1.54, 1.807) is 7.11 Å². The van der Waals surface area contributed by atoms with E-state index in [4.69, 9.17) is 10.5 Å². The molecule has 110 valence electrons. The Labute approximate surface area is 124 Å². The van der Waals surface area contributed by atoms with E-state index in [1.165, 1.54) is 12.8 Å². The Bertz CT molecular complexity index is 653. The van der Waals surface area contributed by atoms with E-state index in [9.17, 15) is 0 Å². The third-order valence-electron chi connectivity index (χ3n) is 3.70. The van der Waals surface area contributed by atoms with Gasteiger partial charge >= 0.3 is 0 Å². The summed E-state index contributed by atoms with van der Waals surface area (Å²) >= 11 is 0. The summed E-state index contributed by atoms with van der Waals surface area (Å²) in [7, 11) is 1.65. The maximum atomic E-state index is 5.86. The number of aromatic nitrogens is 3. The molecule has 21 heavy (non-hydrogen) atoms. The molecular formula is C15H19N5O. The Hall–Kier alpha value is -2.37. The maximum Gasteiger partial charge on any atom is 0.230 e. The van der Waals surface area contributed by atoms with Gasteiger partial charge in [0.05, 0.1) is 7.11 Å². The summed E-state index contributed by atoms with van der Waals surface area (Å²) in [6.45, 7) is 3.96. The Morgan fingerprint density at radius 1 is 1.14 bits per heavy atom. The molecule has 1 aliphatic rings. The van der Waals surface area contributed by atoms with Gasteiger partial charge in [0.2, 0.25) is 11.9 Å². The number of anilines is 2. The lowest BCUT2D eigenvalue weighted by atomic mass is 10.1. The minimum Gasteiger partial charge on any atom is -0.497 e. The quantitative estimate of drug-likeness (QED) is 0.930. The van der Waals surface area contributed by atoms with E-state index in [0.717, 1.165) is 30.0 Å². The lowest BCUT2D eigenvalue weighted by Crippen LogP contribution is -2.21. The van der Waals surface area contributed by atoms with Gasteiger partial charge in [-0.2, -0.15) is 15.0 Å². The summed E-state index contributed by atoms with van der Waals surface area (Å²) in [5.74, 6) is 2.37. The molecular weight excluding hydrogens is 266 g/mol. The van der Waals surface area contributed by atoms with Crippen LogP contribution in [0.4, 0.5) is 11.9 Å². The lowest BCUT2D eigenvalue weighted by molar-refractivity contribution is 0.414. The third kappa shape index (κ3) is 2.74. The highest BCUT2D eigenvalue weighted by Crippen LogP contribution is 2.26. The van der Waals surface area contributed by atoms with Crippen molar-refractivity contribution in [1.29, 1.82) is 0 Å². The van der Waals surface area contributed by atoms with Crippen LogP contribution in [-0.4, -0.2) is 35.2 Å². The largest absolute Gasteiger partial charge is 0.497 e. The van der Waals surface area contributed by atoms with Crippen molar-refractivity contribution in [1.82, 2.24) is 15.0 Å².